The number of benzene rings is 2. The van der Waals surface area contributed by atoms with Crippen molar-refractivity contribution in [3.05, 3.63) is 53.6 Å². The summed E-state index contributed by atoms with van der Waals surface area (Å²) < 4.78 is 5.17. The Morgan fingerprint density at radius 3 is 2.11 bits per heavy atom. The zero-order chi connectivity index (χ0) is 12.7. The molecule has 0 fully saturated rings. The van der Waals surface area contributed by atoms with Gasteiger partial charge in [0.05, 0.1) is 21.1 Å². The molecule has 0 heterocycles. The van der Waals surface area contributed by atoms with Gasteiger partial charge in [-0.2, -0.15) is 0 Å². The molecule has 0 amide bonds. The molecule has 1 aliphatic carbocycles. The van der Waals surface area contributed by atoms with Gasteiger partial charge in [-0.25, -0.2) is 0 Å². The molecule has 2 aromatic carbocycles. The van der Waals surface area contributed by atoms with Crippen LogP contribution >= 0.6 is 0 Å². The summed E-state index contributed by atoms with van der Waals surface area (Å²) in [4.78, 5) is 24.2. The lowest BCUT2D eigenvalue weighted by molar-refractivity contribution is 0.0813. The van der Waals surface area contributed by atoms with E-state index in [-0.39, 0.29) is 8.41 Å². The fourth-order valence-corrected chi connectivity index (χ4v) is 2.31. The van der Waals surface area contributed by atoms with Gasteiger partial charge in [-0.15, -0.1) is 0 Å². The highest BCUT2D eigenvalue weighted by atomic mass is 16.5. The molecule has 0 aromatic heterocycles. The Hall–Kier alpha value is -2.36. The van der Waals surface area contributed by atoms with Crippen molar-refractivity contribution in [2.45, 2.75) is 0 Å². The van der Waals surface area contributed by atoms with Gasteiger partial charge in [0.1, 0.15) is 5.75 Å². The van der Waals surface area contributed by atoms with E-state index >= 15 is 0 Å². The Balaban J connectivity index is 0.00000133. The largest absolute Gasteiger partial charge is 0.496 e. The molecule has 0 spiro atoms. The lowest BCUT2D eigenvalue weighted by Crippen LogP contribution is -2.21. The lowest BCUT2D eigenvalue weighted by Gasteiger charge is -2.19. The van der Waals surface area contributed by atoms with E-state index in [1.165, 1.54) is 7.11 Å². The molecule has 2 aromatic rings. The standard InChI is InChI=1S/C15H10O3.BH3/c1-18-12-8-4-7-10-9-5-2-3-6-11(9)14(16)15(17)13(10)12;/h2-8H,1H3;1H3. The molecular formula is C15H13BO3. The number of methoxy groups -OCH3 is 1. The van der Waals surface area contributed by atoms with E-state index in [1.54, 1.807) is 18.2 Å². The second kappa shape index (κ2) is 4.73. The van der Waals surface area contributed by atoms with Gasteiger partial charge < -0.3 is 4.74 Å². The molecule has 0 atom stereocenters. The molecule has 0 unspecified atom stereocenters. The summed E-state index contributed by atoms with van der Waals surface area (Å²) in [5, 5.41) is 0. The van der Waals surface area contributed by atoms with E-state index in [2.05, 4.69) is 0 Å². The number of rotatable bonds is 1. The van der Waals surface area contributed by atoms with Crippen molar-refractivity contribution in [3.63, 3.8) is 0 Å². The second-order valence-corrected chi connectivity index (χ2v) is 4.09. The number of ether oxygens (including phenoxy) is 1. The van der Waals surface area contributed by atoms with Crippen molar-refractivity contribution < 1.29 is 14.3 Å². The molecule has 94 valence electrons. The first-order chi connectivity index (χ1) is 8.74. The fourth-order valence-electron chi connectivity index (χ4n) is 2.31. The highest BCUT2D eigenvalue weighted by molar-refractivity contribution is 6.53. The summed E-state index contributed by atoms with van der Waals surface area (Å²) in [5.41, 5.74) is 2.37. The zero-order valence-corrected chi connectivity index (χ0v) is 9.77. The molecule has 0 saturated carbocycles. The van der Waals surface area contributed by atoms with Gasteiger partial charge in [0.2, 0.25) is 11.6 Å². The SMILES string of the molecule is B.COc1cccc2c1C(=O)C(=O)c1ccccc1-2. The van der Waals surface area contributed by atoms with Crippen LogP contribution in [-0.2, 0) is 0 Å². The maximum Gasteiger partial charge on any atom is 0.237 e. The summed E-state index contributed by atoms with van der Waals surface area (Å²) in [7, 11) is 1.49. The first kappa shape index (κ1) is 13.1. The van der Waals surface area contributed by atoms with Gasteiger partial charge in [-0.05, 0) is 17.2 Å². The monoisotopic (exact) mass is 252 g/mol. The quantitative estimate of drug-likeness (QED) is 0.571. The highest BCUT2D eigenvalue weighted by Gasteiger charge is 2.32. The van der Waals surface area contributed by atoms with Crippen molar-refractivity contribution in [1.82, 2.24) is 0 Å². The summed E-state index contributed by atoms with van der Waals surface area (Å²) in [6, 6.07) is 12.5. The van der Waals surface area contributed by atoms with Gasteiger partial charge in [-0.1, -0.05) is 36.4 Å². The molecule has 0 saturated heterocycles. The van der Waals surface area contributed by atoms with Crippen LogP contribution in [0, 0.1) is 0 Å². The Morgan fingerprint density at radius 2 is 1.42 bits per heavy atom. The van der Waals surface area contributed by atoms with Crippen LogP contribution in [0.15, 0.2) is 42.5 Å². The van der Waals surface area contributed by atoms with Crippen molar-refractivity contribution in [2.75, 3.05) is 7.11 Å². The fraction of sp³-hybridized carbons (Fsp3) is 0.0667. The average molecular weight is 252 g/mol. The molecule has 4 heteroatoms. The van der Waals surface area contributed by atoms with Gasteiger partial charge in [0.15, 0.2) is 0 Å². The second-order valence-electron chi connectivity index (χ2n) is 4.09. The van der Waals surface area contributed by atoms with Crippen LogP contribution in [0.2, 0.25) is 0 Å². The molecule has 3 rings (SSSR count). The zero-order valence-electron chi connectivity index (χ0n) is 9.77. The predicted octanol–water partition coefficient (Wildman–Crippen LogP) is 1.56. The molecule has 19 heavy (non-hydrogen) atoms. The van der Waals surface area contributed by atoms with Crippen LogP contribution in [0.4, 0.5) is 0 Å². The molecular weight excluding hydrogens is 239 g/mol. The normalized spacial score (nSPS) is 12.3. The highest BCUT2D eigenvalue weighted by Crippen LogP contribution is 2.37. The smallest absolute Gasteiger partial charge is 0.237 e. The van der Waals surface area contributed by atoms with E-state index < -0.39 is 11.6 Å². The van der Waals surface area contributed by atoms with Crippen molar-refractivity contribution in [2.24, 2.45) is 0 Å². The number of hydrogen-bond donors (Lipinski definition) is 0. The van der Waals surface area contributed by atoms with Crippen LogP contribution in [-0.4, -0.2) is 27.1 Å². The third-order valence-corrected chi connectivity index (χ3v) is 3.14. The van der Waals surface area contributed by atoms with Gasteiger partial charge in [-0.3, -0.25) is 9.59 Å². The Bertz CT molecular complexity index is 677. The van der Waals surface area contributed by atoms with E-state index in [1.807, 2.05) is 24.3 Å². The Morgan fingerprint density at radius 1 is 0.789 bits per heavy atom. The van der Waals surface area contributed by atoms with Crippen molar-refractivity contribution in [1.29, 1.82) is 0 Å². The van der Waals surface area contributed by atoms with Crippen molar-refractivity contribution in [3.8, 4) is 16.9 Å². The van der Waals surface area contributed by atoms with Gasteiger partial charge >= 0.3 is 0 Å². The molecule has 0 radical (unpaired) electrons. The lowest BCUT2D eigenvalue weighted by atomic mass is 9.83. The average Bonchev–Trinajstić information content (AvgIpc) is 2.44. The number of Topliss-reactive ketones (excluding diaryl/α,β-unsaturated/α-hetero) is 2. The number of carbonyl (C=O) groups is 2. The first-order valence-electron chi connectivity index (χ1n) is 5.59. The topological polar surface area (TPSA) is 43.4 Å². The van der Waals surface area contributed by atoms with Crippen LogP contribution < -0.4 is 4.74 Å². The minimum atomic E-state index is -0.499. The minimum Gasteiger partial charge on any atom is -0.496 e. The third-order valence-electron chi connectivity index (χ3n) is 3.14. The van der Waals surface area contributed by atoms with E-state index in [4.69, 9.17) is 4.74 Å². The third kappa shape index (κ3) is 1.76. The van der Waals surface area contributed by atoms with Gasteiger partial charge in [0, 0.05) is 5.56 Å². The summed E-state index contributed by atoms with van der Waals surface area (Å²) in [5.74, 6) is -0.524. The maximum atomic E-state index is 12.1. The number of hydrogen-bond acceptors (Lipinski definition) is 3. The van der Waals surface area contributed by atoms with Crippen LogP contribution in [0.3, 0.4) is 0 Å². The minimum absolute atomic E-state index is 0. The van der Waals surface area contributed by atoms with Crippen molar-refractivity contribution >= 4 is 20.0 Å². The molecule has 0 bridgehead atoms. The van der Waals surface area contributed by atoms with E-state index in [0.29, 0.717) is 16.9 Å². The Kier molecular flexibility index (Phi) is 3.26. The van der Waals surface area contributed by atoms with Crippen LogP contribution in [0.25, 0.3) is 11.1 Å². The van der Waals surface area contributed by atoms with E-state index in [0.717, 1.165) is 11.1 Å². The number of ketones is 2. The van der Waals surface area contributed by atoms with Crippen LogP contribution in [0.5, 0.6) is 5.75 Å². The first-order valence-corrected chi connectivity index (χ1v) is 5.59. The maximum absolute atomic E-state index is 12.1. The molecule has 0 aliphatic heterocycles. The summed E-state index contributed by atoms with van der Waals surface area (Å²) in [6.07, 6.45) is 0. The molecule has 1 aliphatic rings. The van der Waals surface area contributed by atoms with Gasteiger partial charge in [0.25, 0.3) is 0 Å². The molecule has 3 nitrogen and oxygen atoms in total. The van der Waals surface area contributed by atoms with E-state index in [9.17, 15) is 9.59 Å². The number of carbonyl (C=O) groups excluding carboxylic acids is 2. The summed E-state index contributed by atoms with van der Waals surface area (Å²) >= 11 is 0. The summed E-state index contributed by atoms with van der Waals surface area (Å²) in [6.45, 7) is 0. The molecule has 0 N–H and O–H groups in total. The Labute approximate surface area is 112 Å². The van der Waals surface area contributed by atoms with Crippen LogP contribution in [0.1, 0.15) is 20.7 Å². The number of fused-ring (bicyclic) bond motifs is 3. The predicted molar refractivity (Wildman–Crippen MR) is 77.0 cm³/mol.